The molecule has 2 heterocycles. The van der Waals surface area contributed by atoms with Gasteiger partial charge in [0.15, 0.2) is 5.96 Å². The Bertz CT molecular complexity index is 1100. The molecule has 0 fully saturated rings. The van der Waals surface area contributed by atoms with E-state index < -0.39 is 0 Å². The Morgan fingerprint density at radius 3 is 2.66 bits per heavy atom. The van der Waals surface area contributed by atoms with Crippen LogP contribution in [0.3, 0.4) is 0 Å². The van der Waals surface area contributed by atoms with E-state index in [-0.39, 0.29) is 24.0 Å². The lowest BCUT2D eigenvalue weighted by Gasteiger charge is -2.22. The van der Waals surface area contributed by atoms with E-state index in [4.69, 9.17) is 17.3 Å². The highest BCUT2D eigenvalue weighted by Crippen LogP contribution is 2.21. The Morgan fingerprint density at radius 2 is 2.06 bits per heavy atom. The summed E-state index contributed by atoms with van der Waals surface area (Å²) in [6, 6.07) is 13.7. The number of benzene rings is 1. The lowest BCUT2D eigenvalue weighted by atomic mass is 10.1. The monoisotopic (exact) mass is 566 g/mol. The van der Waals surface area contributed by atoms with Crippen molar-refractivity contribution in [3.63, 3.8) is 0 Å². The van der Waals surface area contributed by atoms with Crippen LogP contribution in [0, 0.1) is 11.3 Å². The third-order valence-corrected chi connectivity index (χ3v) is 5.23. The maximum Gasteiger partial charge on any atom is 0.193 e. The van der Waals surface area contributed by atoms with Gasteiger partial charge < -0.3 is 20.5 Å². The van der Waals surface area contributed by atoms with Crippen LogP contribution < -0.4 is 11.1 Å². The second-order valence-corrected chi connectivity index (χ2v) is 7.70. The van der Waals surface area contributed by atoms with Crippen molar-refractivity contribution >= 4 is 47.4 Å². The van der Waals surface area contributed by atoms with Crippen molar-refractivity contribution in [2.24, 2.45) is 12.0 Å². The van der Waals surface area contributed by atoms with Crippen molar-refractivity contribution in [3.05, 3.63) is 64.6 Å². The lowest BCUT2D eigenvalue weighted by Crippen LogP contribution is -2.39. The average molecular weight is 567 g/mol. The number of aliphatic imine (C=N–C) groups is 1. The number of nitrogens with one attached hydrogen (secondary N) is 1. The third-order valence-electron chi connectivity index (χ3n) is 5.03. The number of hydrogen-bond donors (Lipinski definition) is 2. The zero-order valence-corrected chi connectivity index (χ0v) is 21.5. The molecule has 10 heteroatoms. The smallest absolute Gasteiger partial charge is 0.193 e. The van der Waals surface area contributed by atoms with Gasteiger partial charge in [0.2, 0.25) is 0 Å². The minimum Gasteiger partial charge on any atom is -0.382 e. The molecule has 3 aromatic rings. The fourth-order valence-electron chi connectivity index (χ4n) is 3.42. The molecule has 0 aliphatic heterocycles. The van der Waals surface area contributed by atoms with Crippen LogP contribution in [0.25, 0.3) is 5.69 Å². The largest absolute Gasteiger partial charge is 0.382 e. The second kappa shape index (κ2) is 11.8. The standard InChI is InChI=1S/C22H27ClN8.HI/c1-26-22(30(3)15-18-12-16(23)14-29(18)2)27-11-7-10-20-19(13-24)21(25)31(28-20)17-8-5-4-6-9-17;/h4-6,8-9,12,14H,7,10-11,15,25H2,1-3H3,(H,26,27);1H. The highest BCUT2D eigenvalue weighted by molar-refractivity contribution is 14.0. The fraction of sp³-hybridized carbons (Fsp3) is 0.318. The quantitative estimate of drug-likeness (QED) is 0.197. The molecule has 3 N–H and O–H groups in total. The number of aryl methyl sites for hydroxylation is 2. The molecule has 1 aromatic carbocycles. The summed E-state index contributed by atoms with van der Waals surface area (Å²) in [6.07, 6.45) is 3.30. The Labute approximate surface area is 210 Å². The summed E-state index contributed by atoms with van der Waals surface area (Å²) in [5.74, 6) is 1.15. The van der Waals surface area contributed by atoms with E-state index in [1.807, 2.05) is 66.2 Å². The maximum atomic E-state index is 9.54. The third kappa shape index (κ3) is 5.95. The van der Waals surface area contributed by atoms with E-state index in [1.165, 1.54) is 0 Å². The van der Waals surface area contributed by atoms with Gasteiger partial charge in [-0.05, 0) is 31.0 Å². The zero-order valence-electron chi connectivity index (χ0n) is 18.4. The first kappa shape index (κ1) is 25.5. The predicted molar refractivity (Wildman–Crippen MR) is 140 cm³/mol. The fourth-order valence-corrected chi connectivity index (χ4v) is 3.70. The summed E-state index contributed by atoms with van der Waals surface area (Å²) in [7, 11) is 5.71. The molecule has 0 bridgehead atoms. The normalized spacial score (nSPS) is 11.0. The first-order valence-electron chi connectivity index (χ1n) is 10.00. The summed E-state index contributed by atoms with van der Waals surface area (Å²) >= 11 is 6.08. The minimum atomic E-state index is 0. The van der Waals surface area contributed by atoms with Gasteiger partial charge >= 0.3 is 0 Å². The molecule has 8 nitrogen and oxygen atoms in total. The van der Waals surface area contributed by atoms with Crippen LogP contribution in [-0.4, -0.2) is 45.8 Å². The first-order valence-corrected chi connectivity index (χ1v) is 10.4. The van der Waals surface area contributed by atoms with E-state index in [0.29, 0.717) is 36.6 Å². The van der Waals surface area contributed by atoms with Gasteiger partial charge in [-0.15, -0.1) is 24.0 Å². The van der Waals surface area contributed by atoms with Crippen molar-refractivity contribution in [3.8, 4) is 11.8 Å². The van der Waals surface area contributed by atoms with Crippen molar-refractivity contribution in [2.75, 3.05) is 26.4 Å². The minimum absolute atomic E-state index is 0. The van der Waals surface area contributed by atoms with Crippen molar-refractivity contribution in [1.82, 2.24) is 24.6 Å². The summed E-state index contributed by atoms with van der Waals surface area (Å²) in [5, 5.41) is 18.2. The molecule has 0 saturated heterocycles. The molecule has 0 atom stereocenters. The van der Waals surface area contributed by atoms with E-state index in [0.717, 1.165) is 28.8 Å². The molecule has 3 rings (SSSR count). The number of halogens is 2. The van der Waals surface area contributed by atoms with Crippen LogP contribution >= 0.6 is 35.6 Å². The summed E-state index contributed by atoms with van der Waals surface area (Å²) in [6.45, 7) is 1.37. The van der Waals surface area contributed by atoms with Crippen molar-refractivity contribution in [1.29, 1.82) is 5.26 Å². The number of hydrogen-bond acceptors (Lipinski definition) is 4. The van der Waals surface area contributed by atoms with Crippen LogP contribution in [0.1, 0.15) is 23.4 Å². The number of rotatable bonds is 7. The number of aromatic nitrogens is 3. The topological polar surface area (TPSA) is 100 Å². The number of para-hydroxylation sites is 1. The number of guanidine groups is 1. The molecule has 0 aliphatic carbocycles. The molecular weight excluding hydrogens is 539 g/mol. The van der Waals surface area contributed by atoms with Crippen molar-refractivity contribution < 1.29 is 0 Å². The summed E-state index contributed by atoms with van der Waals surface area (Å²) < 4.78 is 3.63. The van der Waals surface area contributed by atoms with Crippen LogP contribution in [0.2, 0.25) is 5.02 Å². The molecule has 0 amide bonds. The van der Waals surface area contributed by atoms with Gasteiger partial charge in [-0.3, -0.25) is 4.99 Å². The summed E-state index contributed by atoms with van der Waals surface area (Å²) in [5.41, 5.74) is 9.24. The van der Waals surface area contributed by atoms with Crippen LogP contribution in [0.15, 0.2) is 47.6 Å². The molecule has 0 unspecified atom stereocenters. The molecule has 0 saturated carbocycles. The Balaban J connectivity index is 0.00000363. The molecule has 0 radical (unpaired) electrons. The number of nitrogen functional groups attached to an aromatic ring is 1. The lowest BCUT2D eigenvalue weighted by molar-refractivity contribution is 0.461. The van der Waals surface area contributed by atoms with Gasteiger partial charge in [-0.25, -0.2) is 4.68 Å². The van der Waals surface area contributed by atoms with Gasteiger partial charge in [0, 0.05) is 39.6 Å². The average Bonchev–Trinajstić information content (AvgIpc) is 3.25. The number of nitrogens with zero attached hydrogens (tertiary/aromatic N) is 6. The van der Waals surface area contributed by atoms with E-state index >= 15 is 0 Å². The molecular formula is C22H28ClIN8. The SMILES string of the molecule is CN=C(NCCCc1nn(-c2ccccc2)c(N)c1C#N)N(C)Cc1cc(Cl)cn1C.I. The van der Waals surface area contributed by atoms with Gasteiger partial charge in [0.1, 0.15) is 17.5 Å². The first-order chi connectivity index (χ1) is 14.9. The number of nitrogens with two attached hydrogens (primary N) is 1. The molecule has 32 heavy (non-hydrogen) atoms. The van der Waals surface area contributed by atoms with Crippen LogP contribution in [0.4, 0.5) is 5.82 Å². The Hall–Kier alpha value is -2.71. The summed E-state index contributed by atoms with van der Waals surface area (Å²) in [4.78, 5) is 6.39. The molecule has 2 aromatic heterocycles. The Kier molecular flexibility index (Phi) is 9.41. The van der Waals surface area contributed by atoms with E-state index in [1.54, 1.807) is 11.7 Å². The van der Waals surface area contributed by atoms with E-state index in [9.17, 15) is 5.26 Å². The van der Waals surface area contributed by atoms with Gasteiger partial charge in [0.05, 0.1) is 22.9 Å². The molecule has 0 spiro atoms. The second-order valence-electron chi connectivity index (χ2n) is 7.26. The molecule has 170 valence electrons. The van der Waals surface area contributed by atoms with E-state index in [2.05, 4.69) is 21.5 Å². The number of anilines is 1. The van der Waals surface area contributed by atoms with Gasteiger partial charge in [0.25, 0.3) is 0 Å². The van der Waals surface area contributed by atoms with Crippen molar-refractivity contribution in [2.45, 2.75) is 19.4 Å². The molecule has 0 aliphatic rings. The predicted octanol–water partition coefficient (Wildman–Crippen LogP) is 3.58. The zero-order chi connectivity index (χ0) is 22.4. The highest BCUT2D eigenvalue weighted by Gasteiger charge is 2.16. The highest BCUT2D eigenvalue weighted by atomic mass is 127. The number of nitriles is 1. The Morgan fingerprint density at radius 1 is 1.34 bits per heavy atom. The van der Waals surface area contributed by atoms with Gasteiger partial charge in [-0.2, -0.15) is 10.4 Å². The van der Waals surface area contributed by atoms with Crippen LogP contribution in [-0.2, 0) is 20.0 Å². The van der Waals surface area contributed by atoms with Crippen LogP contribution in [0.5, 0.6) is 0 Å². The maximum absolute atomic E-state index is 9.54. The van der Waals surface area contributed by atoms with Gasteiger partial charge in [-0.1, -0.05) is 29.8 Å².